The zero-order valence-electron chi connectivity index (χ0n) is 11.4. The second-order valence-electron chi connectivity index (χ2n) is 4.66. The minimum Gasteiger partial charge on any atom is -0.490 e. The largest absolute Gasteiger partial charge is 0.490 e. The quantitative estimate of drug-likeness (QED) is 0.856. The van der Waals surface area contributed by atoms with Crippen molar-refractivity contribution in [3.05, 3.63) is 18.2 Å². The van der Waals surface area contributed by atoms with E-state index in [1.54, 1.807) is 6.07 Å². The number of nitrogens with two attached hydrogens (primary N) is 1. The number of methoxy groups -OCH3 is 1. The Balaban J connectivity index is 2.22. The van der Waals surface area contributed by atoms with Crippen LogP contribution in [0.5, 0.6) is 11.5 Å². The summed E-state index contributed by atoms with van der Waals surface area (Å²) in [6.45, 7) is 1.28. The first-order chi connectivity index (χ1) is 9.53. The van der Waals surface area contributed by atoms with Gasteiger partial charge in [-0.2, -0.15) is 0 Å². The number of fused-ring (bicyclic) bond motifs is 1. The SMILES string of the molecule is COCC(N)CS(=O)(=O)c1ccc2c(c1)OCCCO2. The molecule has 0 aromatic heterocycles. The summed E-state index contributed by atoms with van der Waals surface area (Å²) in [5.41, 5.74) is 5.71. The molecule has 0 saturated carbocycles. The fraction of sp³-hybridized carbons (Fsp3) is 0.538. The molecule has 1 unspecified atom stereocenters. The standard InChI is InChI=1S/C13H19NO5S/c1-17-8-10(14)9-20(15,16)11-3-4-12-13(7-11)19-6-2-5-18-12/h3-4,7,10H,2,5-6,8-9,14H2,1H3. The van der Waals surface area contributed by atoms with Crippen LogP contribution in [0.2, 0.25) is 0 Å². The predicted molar refractivity (Wildman–Crippen MR) is 74.0 cm³/mol. The van der Waals surface area contributed by atoms with Gasteiger partial charge >= 0.3 is 0 Å². The summed E-state index contributed by atoms with van der Waals surface area (Å²) < 4.78 is 40.3. The molecule has 0 radical (unpaired) electrons. The fourth-order valence-corrected chi connectivity index (χ4v) is 3.39. The average Bonchev–Trinajstić information content (AvgIpc) is 2.62. The number of ether oxygens (including phenoxy) is 3. The van der Waals surface area contributed by atoms with Gasteiger partial charge in [0.15, 0.2) is 21.3 Å². The van der Waals surface area contributed by atoms with Crippen LogP contribution in [0.15, 0.2) is 23.1 Å². The number of benzene rings is 1. The maximum absolute atomic E-state index is 12.3. The Morgan fingerprint density at radius 3 is 2.70 bits per heavy atom. The van der Waals surface area contributed by atoms with Gasteiger partial charge in [-0.3, -0.25) is 0 Å². The lowest BCUT2D eigenvalue weighted by Gasteiger charge is -2.13. The molecule has 0 saturated heterocycles. The Morgan fingerprint density at radius 2 is 2.00 bits per heavy atom. The first kappa shape index (κ1) is 15.1. The van der Waals surface area contributed by atoms with Crippen molar-refractivity contribution < 1.29 is 22.6 Å². The molecule has 0 fully saturated rings. The summed E-state index contributed by atoms with van der Waals surface area (Å²) in [4.78, 5) is 0.188. The van der Waals surface area contributed by atoms with E-state index in [-0.39, 0.29) is 17.3 Å². The zero-order valence-corrected chi connectivity index (χ0v) is 12.2. The van der Waals surface area contributed by atoms with Crippen LogP contribution in [-0.4, -0.2) is 47.1 Å². The molecule has 2 N–H and O–H groups in total. The molecule has 2 rings (SSSR count). The maximum Gasteiger partial charge on any atom is 0.180 e. The van der Waals surface area contributed by atoms with Crippen molar-refractivity contribution in [1.29, 1.82) is 0 Å². The second kappa shape index (κ2) is 6.43. The molecule has 1 heterocycles. The van der Waals surface area contributed by atoms with Gasteiger partial charge in [0.2, 0.25) is 0 Å². The molecule has 112 valence electrons. The number of hydrogen-bond acceptors (Lipinski definition) is 6. The van der Waals surface area contributed by atoms with Crippen molar-refractivity contribution in [3.8, 4) is 11.5 Å². The van der Waals surface area contributed by atoms with E-state index in [9.17, 15) is 8.42 Å². The van der Waals surface area contributed by atoms with Crippen molar-refractivity contribution >= 4 is 9.84 Å². The smallest absolute Gasteiger partial charge is 0.180 e. The van der Waals surface area contributed by atoms with E-state index in [4.69, 9.17) is 19.9 Å². The van der Waals surface area contributed by atoms with E-state index >= 15 is 0 Å². The van der Waals surface area contributed by atoms with Crippen molar-refractivity contribution in [1.82, 2.24) is 0 Å². The Morgan fingerprint density at radius 1 is 1.30 bits per heavy atom. The van der Waals surface area contributed by atoms with Crippen LogP contribution >= 0.6 is 0 Å². The van der Waals surface area contributed by atoms with E-state index < -0.39 is 15.9 Å². The molecule has 6 nitrogen and oxygen atoms in total. The van der Waals surface area contributed by atoms with Crippen molar-refractivity contribution in [2.24, 2.45) is 5.73 Å². The summed E-state index contributed by atoms with van der Waals surface area (Å²) in [5.74, 6) is 0.868. The molecule has 1 aromatic rings. The van der Waals surface area contributed by atoms with E-state index in [0.29, 0.717) is 24.7 Å². The third-order valence-electron chi connectivity index (χ3n) is 2.89. The van der Waals surface area contributed by atoms with Crippen molar-refractivity contribution in [2.75, 3.05) is 32.7 Å². The third-order valence-corrected chi connectivity index (χ3v) is 4.73. The lowest BCUT2D eigenvalue weighted by atomic mass is 10.3. The van der Waals surface area contributed by atoms with Crippen LogP contribution in [0.3, 0.4) is 0 Å². The highest BCUT2D eigenvalue weighted by molar-refractivity contribution is 7.91. The molecule has 7 heteroatoms. The summed E-state index contributed by atoms with van der Waals surface area (Å²) in [5, 5.41) is 0. The molecule has 0 bridgehead atoms. The van der Waals surface area contributed by atoms with Gasteiger partial charge in [0.05, 0.1) is 30.5 Å². The molecular formula is C13H19NO5S. The highest BCUT2D eigenvalue weighted by Gasteiger charge is 2.21. The molecule has 0 spiro atoms. The summed E-state index contributed by atoms with van der Waals surface area (Å²) in [6, 6.07) is 4.08. The molecule has 0 amide bonds. The molecule has 1 aliphatic heterocycles. The van der Waals surface area contributed by atoms with Crippen LogP contribution in [0.1, 0.15) is 6.42 Å². The van der Waals surface area contributed by atoms with Gasteiger partial charge in [0.25, 0.3) is 0 Å². The summed E-state index contributed by atoms with van der Waals surface area (Å²) >= 11 is 0. The van der Waals surface area contributed by atoms with Crippen LogP contribution in [-0.2, 0) is 14.6 Å². The van der Waals surface area contributed by atoms with Crippen LogP contribution < -0.4 is 15.2 Å². The fourth-order valence-electron chi connectivity index (χ4n) is 1.98. The lowest BCUT2D eigenvalue weighted by molar-refractivity contribution is 0.186. The first-order valence-electron chi connectivity index (χ1n) is 6.40. The van der Waals surface area contributed by atoms with Gasteiger partial charge < -0.3 is 19.9 Å². The van der Waals surface area contributed by atoms with Crippen molar-refractivity contribution in [2.45, 2.75) is 17.4 Å². The predicted octanol–water partition coefficient (Wildman–Crippen LogP) is 0.595. The van der Waals surface area contributed by atoms with Gasteiger partial charge in [-0.1, -0.05) is 0 Å². The molecule has 0 aliphatic carbocycles. The van der Waals surface area contributed by atoms with Gasteiger partial charge in [-0.05, 0) is 12.1 Å². The Hall–Kier alpha value is -1.31. The molecular weight excluding hydrogens is 282 g/mol. The normalized spacial score (nSPS) is 16.5. The number of hydrogen-bond donors (Lipinski definition) is 1. The van der Waals surface area contributed by atoms with E-state index in [1.807, 2.05) is 0 Å². The summed E-state index contributed by atoms with van der Waals surface area (Å²) in [6.07, 6.45) is 0.773. The highest BCUT2D eigenvalue weighted by Crippen LogP contribution is 2.32. The van der Waals surface area contributed by atoms with Crippen molar-refractivity contribution in [3.63, 3.8) is 0 Å². The monoisotopic (exact) mass is 301 g/mol. The van der Waals surface area contributed by atoms with Gasteiger partial charge in [0, 0.05) is 25.6 Å². The molecule has 1 aromatic carbocycles. The van der Waals surface area contributed by atoms with Crippen LogP contribution in [0, 0.1) is 0 Å². The minimum absolute atomic E-state index is 0.166. The van der Waals surface area contributed by atoms with Gasteiger partial charge in [-0.25, -0.2) is 8.42 Å². The van der Waals surface area contributed by atoms with E-state index in [0.717, 1.165) is 6.42 Å². The van der Waals surface area contributed by atoms with E-state index in [2.05, 4.69) is 0 Å². The Bertz CT molecular complexity index is 558. The first-order valence-corrected chi connectivity index (χ1v) is 8.05. The maximum atomic E-state index is 12.3. The van der Waals surface area contributed by atoms with Gasteiger partial charge in [0.1, 0.15) is 0 Å². The van der Waals surface area contributed by atoms with E-state index in [1.165, 1.54) is 19.2 Å². The number of rotatable bonds is 5. The molecule has 20 heavy (non-hydrogen) atoms. The average molecular weight is 301 g/mol. The molecule has 1 aliphatic rings. The number of sulfone groups is 1. The third kappa shape index (κ3) is 3.62. The molecule has 1 atom stereocenters. The zero-order chi connectivity index (χ0) is 14.6. The Kier molecular flexibility index (Phi) is 4.85. The van der Waals surface area contributed by atoms with Crippen LogP contribution in [0.4, 0.5) is 0 Å². The highest BCUT2D eigenvalue weighted by atomic mass is 32.2. The van der Waals surface area contributed by atoms with Crippen LogP contribution in [0.25, 0.3) is 0 Å². The van der Waals surface area contributed by atoms with Gasteiger partial charge in [-0.15, -0.1) is 0 Å². The summed E-state index contributed by atoms with van der Waals surface area (Å²) in [7, 11) is -1.98. The Labute approximate surface area is 118 Å². The minimum atomic E-state index is -3.47. The second-order valence-corrected chi connectivity index (χ2v) is 6.69. The topological polar surface area (TPSA) is 87.9 Å². The lowest BCUT2D eigenvalue weighted by Crippen LogP contribution is -2.33.